The first-order chi connectivity index (χ1) is 8.52. The summed E-state index contributed by atoms with van der Waals surface area (Å²) < 4.78 is 16.4. The second kappa shape index (κ2) is 5.16. The highest BCUT2D eigenvalue weighted by molar-refractivity contribution is 5.44. The van der Waals surface area contributed by atoms with Crippen molar-refractivity contribution < 1.29 is 19.3 Å². The van der Waals surface area contributed by atoms with E-state index in [0.29, 0.717) is 19.0 Å². The molecule has 4 heteroatoms. The van der Waals surface area contributed by atoms with Gasteiger partial charge in [0.25, 0.3) is 0 Å². The molecule has 1 unspecified atom stereocenters. The SMILES string of the molecule is COC(C)(C)CCOc1ccc2c(c1)OCC2O. The van der Waals surface area contributed by atoms with Gasteiger partial charge in [0.05, 0.1) is 12.2 Å². The molecule has 1 aromatic rings. The molecule has 0 saturated carbocycles. The van der Waals surface area contributed by atoms with Gasteiger partial charge in [0.2, 0.25) is 0 Å². The first kappa shape index (κ1) is 13.2. The van der Waals surface area contributed by atoms with Crippen molar-refractivity contribution in [3.05, 3.63) is 23.8 Å². The van der Waals surface area contributed by atoms with Crippen LogP contribution in [0.1, 0.15) is 31.9 Å². The van der Waals surface area contributed by atoms with Gasteiger partial charge in [0.1, 0.15) is 24.2 Å². The number of fused-ring (bicyclic) bond motifs is 1. The van der Waals surface area contributed by atoms with E-state index in [0.717, 1.165) is 17.7 Å². The molecular formula is C14H20O4. The third kappa shape index (κ3) is 2.94. The largest absolute Gasteiger partial charge is 0.493 e. The lowest BCUT2D eigenvalue weighted by molar-refractivity contribution is 0.00545. The van der Waals surface area contributed by atoms with Crippen LogP contribution >= 0.6 is 0 Å². The van der Waals surface area contributed by atoms with Crippen molar-refractivity contribution in [2.45, 2.75) is 32.0 Å². The maximum atomic E-state index is 9.60. The quantitative estimate of drug-likeness (QED) is 0.873. The molecule has 0 saturated heterocycles. The number of aliphatic hydroxyl groups is 1. The molecule has 100 valence electrons. The molecular weight excluding hydrogens is 232 g/mol. The van der Waals surface area contributed by atoms with Gasteiger partial charge in [0, 0.05) is 25.2 Å². The highest BCUT2D eigenvalue weighted by atomic mass is 16.5. The van der Waals surface area contributed by atoms with Crippen LogP contribution in [-0.4, -0.2) is 31.0 Å². The maximum Gasteiger partial charge on any atom is 0.129 e. The second-order valence-corrected chi connectivity index (χ2v) is 5.09. The van der Waals surface area contributed by atoms with E-state index in [1.165, 1.54) is 0 Å². The Hall–Kier alpha value is -1.26. The van der Waals surface area contributed by atoms with Crippen LogP contribution in [-0.2, 0) is 4.74 Å². The number of hydrogen-bond acceptors (Lipinski definition) is 4. The molecule has 2 rings (SSSR count). The van der Waals surface area contributed by atoms with Gasteiger partial charge in [0.15, 0.2) is 0 Å². The average Bonchev–Trinajstić information content (AvgIpc) is 2.71. The fourth-order valence-electron chi connectivity index (χ4n) is 1.78. The minimum absolute atomic E-state index is 0.177. The zero-order valence-electron chi connectivity index (χ0n) is 11.1. The van der Waals surface area contributed by atoms with E-state index in [9.17, 15) is 5.11 Å². The lowest BCUT2D eigenvalue weighted by Crippen LogP contribution is -2.25. The van der Waals surface area contributed by atoms with Gasteiger partial charge < -0.3 is 19.3 Å². The Kier molecular flexibility index (Phi) is 3.78. The van der Waals surface area contributed by atoms with Crippen LogP contribution in [0.5, 0.6) is 11.5 Å². The van der Waals surface area contributed by atoms with Crippen LogP contribution in [0.15, 0.2) is 18.2 Å². The Bertz CT molecular complexity index is 414. The van der Waals surface area contributed by atoms with Crippen LogP contribution in [0.3, 0.4) is 0 Å². The molecule has 0 aromatic heterocycles. The summed E-state index contributed by atoms with van der Waals surface area (Å²) in [5.41, 5.74) is 0.656. The Balaban J connectivity index is 1.92. The van der Waals surface area contributed by atoms with Crippen LogP contribution in [0, 0.1) is 0 Å². The number of rotatable bonds is 5. The molecule has 18 heavy (non-hydrogen) atoms. The smallest absolute Gasteiger partial charge is 0.129 e. The summed E-state index contributed by atoms with van der Waals surface area (Å²) in [6.45, 7) is 4.97. The summed E-state index contributed by atoms with van der Waals surface area (Å²) in [5.74, 6) is 1.47. The molecule has 0 amide bonds. The first-order valence-corrected chi connectivity index (χ1v) is 6.14. The Morgan fingerprint density at radius 3 is 2.94 bits per heavy atom. The second-order valence-electron chi connectivity index (χ2n) is 5.09. The third-order valence-corrected chi connectivity index (χ3v) is 3.27. The van der Waals surface area contributed by atoms with Crippen LogP contribution in [0.2, 0.25) is 0 Å². The normalized spacial score (nSPS) is 18.3. The van der Waals surface area contributed by atoms with E-state index in [-0.39, 0.29) is 5.60 Å². The highest BCUT2D eigenvalue weighted by Gasteiger charge is 2.22. The number of methoxy groups -OCH3 is 1. The molecule has 1 aliphatic rings. The van der Waals surface area contributed by atoms with Gasteiger partial charge in [-0.25, -0.2) is 0 Å². The lowest BCUT2D eigenvalue weighted by Gasteiger charge is -2.22. The number of benzene rings is 1. The summed E-state index contributed by atoms with van der Waals surface area (Å²) in [6.07, 6.45) is 0.297. The fraction of sp³-hybridized carbons (Fsp3) is 0.571. The molecule has 1 heterocycles. The van der Waals surface area contributed by atoms with E-state index in [4.69, 9.17) is 14.2 Å². The minimum atomic E-state index is -0.513. The monoisotopic (exact) mass is 252 g/mol. The maximum absolute atomic E-state index is 9.60. The van der Waals surface area contributed by atoms with Gasteiger partial charge in [-0.2, -0.15) is 0 Å². The standard InChI is InChI=1S/C14H20O4/c1-14(2,16-3)6-7-17-10-4-5-11-12(15)9-18-13(11)8-10/h4-5,8,12,15H,6-7,9H2,1-3H3. The Morgan fingerprint density at radius 1 is 1.44 bits per heavy atom. The third-order valence-electron chi connectivity index (χ3n) is 3.27. The van der Waals surface area contributed by atoms with Crippen molar-refractivity contribution in [3.63, 3.8) is 0 Å². The van der Waals surface area contributed by atoms with E-state index < -0.39 is 6.10 Å². The Labute approximate surface area is 107 Å². The number of aliphatic hydroxyl groups excluding tert-OH is 1. The van der Waals surface area contributed by atoms with Gasteiger partial charge in [-0.1, -0.05) is 0 Å². The number of ether oxygens (including phenoxy) is 3. The number of hydrogen-bond donors (Lipinski definition) is 1. The topological polar surface area (TPSA) is 47.9 Å². The molecule has 0 aliphatic carbocycles. The lowest BCUT2D eigenvalue weighted by atomic mass is 10.1. The summed E-state index contributed by atoms with van der Waals surface area (Å²) in [7, 11) is 1.70. The average molecular weight is 252 g/mol. The molecule has 0 radical (unpaired) electrons. The van der Waals surface area contributed by atoms with Gasteiger partial charge in [-0.05, 0) is 26.0 Å². The predicted molar refractivity (Wildman–Crippen MR) is 68.1 cm³/mol. The minimum Gasteiger partial charge on any atom is -0.493 e. The van der Waals surface area contributed by atoms with E-state index >= 15 is 0 Å². The van der Waals surface area contributed by atoms with E-state index in [1.807, 2.05) is 32.0 Å². The van der Waals surface area contributed by atoms with Crippen molar-refractivity contribution >= 4 is 0 Å². The molecule has 1 N–H and O–H groups in total. The van der Waals surface area contributed by atoms with Gasteiger partial charge in [-0.3, -0.25) is 0 Å². The molecule has 1 atom stereocenters. The van der Waals surface area contributed by atoms with Crippen LogP contribution in [0.4, 0.5) is 0 Å². The molecule has 0 spiro atoms. The van der Waals surface area contributed by atoms with Gasteiger partial charge >= 0.3 is 0 Å². The van der Waals surface area contributed by atoms with E-state index in [1.54, 1.807) is 7.11 Å². The predicted octanol–water partition coefficient (Wildman–Crippen LogP) is 2.31. The Morgan fingerprint density at radius 2 is 2.22 bits per heavy atom. The summed E-state index contributed by atoms with van der Waals surface area (Å²) >= 11 is 0. The molecule has 4 nitrogen and oxygen atoms in total. The molecule has 0 bridgehead atoms. The zero-order chi connectivity index (χ0) is 13.2. The van der Waals surface area contributed by atoms with Crippen molar-refractivity contribution in [2.24, 2.45) is 0 Å². The van der Waals surface area contributed by atoms with Crippen molar-refractivity contribution in [3.8, 4) is 11.5 Å². The van der Waals surface area contributed by atoms with Crippen molar-refractivity contribution in [1.82, 2.24) is 0 Å². The fourth-order valence-corrected chi connectivity index (χ4v) is 1.78. The molecule has 1 aromatic carbocycles. The van der Waals surface area contributed by atoms with Crippen molar-refractivity contribution in [1.29, 1.82) is 0 Å². The van der Waals surface area contributed by atoms with Gasteiger partial charge in [-0.15, -0.1) is 0 Å². The molecule has 0 fully saturated rings. The first-order valence-electron chi connectivity index (χ1n) is 6.14. The zero-order valence-corrected chi connectivity index (χ0v) is 11.1. The molecule has 1 aliphatic heterocycles. The van der Waals surface area contributed by atoms with Crippen molar-refractivity contribution in [2.75, 3.05) is 20.3 Å². The van der Waals surface area contributed by atoms with E-state index in [2.05, 4.69) is 0 Å². The summed E-state index contributed by atoms with van der Waals surface area (Å²) in [5, 5.41) is 9.60. The summed E-state index contributed by atoms with van der Waals surface area (Å²) in [4.78, 5) is 0. The van der Waals surface area contributed by atoms with Crippen LogP contribution < -0.4 is 9.47 Å². The highest BCUT2D eigenvalue weighted by Crippen LogP contribution is 2.35. The van der Waals surface area contributed by atoms with Crippen LogP contribution in [0.25, 0.3) is 0 Å². The summed E-state index contributed by atoms with van der Waals surface area (Å²) in [6, 6.07) is 5.53.